The number of rotatable bonds is 6. The largest absolute Gasteiger partial charge is 0.459 e. The van der Waals surface area contributed by atoms with Crippen LogP contribution >= 0.6 is 0 Å². The van der Waals surface area contributed by atoms with Crippen molar-refractivity contribution < 1.29 is 24.2 Å². The smallest absolute Gasteiger partial charge is 0.312 e. The molecule has 0 spiro atoms. The fraction of sp³-hybridized carbons (Fsp3) is 0.923. The Morgan fingerprint density at radius 3 is 2.10 bits per heavy atom. The predicted octanol–water partition coefficient (Wildman–Crippen LogP) is 5.18. The molecule has 0 aromatic rings. The van der Waals surface area contributed by atoms with E-state index in [2.05, 4.69) is 0 Å². The molecule has 0 heterocycles. The van der Waals surface area contributed by atoms with Crippen LogP contribution in [0.25, 0.3) is 0 Å². The summed E-state index contributed by atoms with van der Waals surface area (Å²) in [5.74, 6) is 0.971. The van der Waals surface area contributed by atoms with Gasteiger partial charge in [0.25, 0.3) is 0 Å². The molecule has 5 aliphatic rings. The fourth-order valence-electron chi connectivity index (χ4n) is 7.22. The molecule has 176 valence electrons. The quantitative estimate of drug-likeness (QED) is 0.583. The topological polar surface area (TPSA) is 72.8 Å². The summed E-state index contributed by atoms with van der Waals surface area (Å²) < 4.78 is 12.5. The van der Waals surface area contributed by atoms with E-state index in [1.165, 1.54) is 0 Å². The first-order valence-corrected chi connectivity index (χ1v) is 12.5. The van der Waals surface area contributed by atoms with Gasteiger partial charge in [-0.1, -0.05) is 6.92 Å². The molecule has 4 bridgehead atoms. The lowest BCUT2D eigenvalue weighted by Crippen LogP contribution is -2.61. The van der Waals surface area contributed by atoms with Crippen LogP contribution in [0, 0.1) is 28.6 Å². The fourth-order valence-corrected chi connectivity index (χ4v) is 7.22. The van der Waals surface area contributed by atoms with Crippen molar-refractivity contribution in [3.05, 3.63) is 0 Å². The Bertz CT molecular complexity index is 701. The van der Waals surface area contributed by atoms with E-state index in [1.807, 2.05) is 34.6 Å². The van der Waals surface area contributed by atoms with Crippen LogP contribution in [0.3, 0.4) is 0 Å². The van der Waals surface area contributed by atoms with Crippen molar-refractivity contribution >= 4 is 11.9 Å². The van der Waals surface area contributed by atoms with E-state index in [0.29, 0.717) is 18.3 Å². The van der Waals surface area contributed by atoms with Crippen molar-refractivity contribution in [3.63, 3.8) is 0 Å². The first-order valence-electron chi connectivity index (χ1n) is 12.5. The number of carbonyl (C=O) groups excluding carboxylic acids is 2. The van der Waals surface area contributed by atoms with Gasteiger partial charge in [-0.25, -0.2) is 0 Å². The molecule has 5 saturated carbocycles. The third-order valence-corrected chi connectivity index (χ3v) is 9.22. The Morgan fingerprint density at radius 1 is 0.968 bits per heavy atom. The first-order chi connectivity index (χ1) is 14.4. The molecule has 5 aliphatic carbocycles. The third-order valence-electron chi connectivity index (χ3n) is 9.22. The zero-order valence-corrected chi connectivity index (χ0v) is 20.2. The summed E-state index contributed by atoms with van der Waals surface area (Å²) in [7, 11) is 0. The minimum atomic E-state index is -0.533. The highest BCUT2D eigenvalue weighted by Gasteiger charge is 2.64. The summed E-state index contributed by atoms with van der Waals surface area (Å²) in [6.07, 6.45) is 9.20. The molecule has 2 unspecified atom stereocenters. The molecule has 5 nitrogen and oxygen atoms in total. The standard InChI is InChI=1S/C26H42O5/c1-6-23(2,3)21(28)31-26-14-17-11-18(15-26)13-25(12-17,16-26)22(29)30-24(4,5)19-7-9-20(27)10-8-19/h17-20,27H,6-16H2,1-5H3. The molecular weight excluding hydrogens is 392 g/mol. The normalized spacial score (nSPS) is 39.9. The van der Waals surface area contributed by atoms with E-state index in [9.17, 15) is 14.7 Å². The Hall–Kier alpha value is -1.10. The van der Waals surface area contributed by atoms with Gasteiger partial charge in [-0.2, -0.15) is 0 Å². The molecule has 0 saturated heterocycles. The van der Waals surface area contributed by atoms with Gasteiger partial charge in [0.1, 0.15) is 11.2 Å². The van der Waals surface area contributed by atoms with Crippen LogP contribution in [0.15, 0.2) is 0 Å². The van der Waals surface area contributed by atoms with Crippen LogP contribution in [-0.4, -0.2) is 34.4 Å². The molecule has 5 rings (SSSR count). The second kappa shape index (κ2) is 7.74. The monoisotopic (exact) mass is 434 g/mol. The third kappa shape index (κ3) is 4.28. The second-order valence-corrected chi connectivity index (χ2v) is 12.5. The second-order valence-electron chi connectivity index (χ2n) is 12.5. The average Bonchev–Trinajstić information content (AvgIpc) is 2.66. The van der Waals surface area contributed by atoms with E-state index >= 15 is 0 Å². The highest BCUT2D eigenvalue weighted by molar-refractivity contribution is 5.79. The van der Waals surface area contributed by atoms with Gasteiger partial charge < -0.3 is 14.6 Å². The predicted molar refractivity (Wildman–Crippen MR) is 118 cm³/mol. The Kier molecular flexibility index (Phi) is 5.76. The van der Waals surface area contributed by atoms with Crippen LogP contribution in [0.2, 0.25) is 0 Å². The minimum absolute atomic E-state index is 0.0760. The summed E-state index contributed by atoms with van der Waals surface area (Å²) in [5, 5.41) is 9.85. The summed E-state index contributed by atoms with van der Waals surface area (Å²) in [6, 6.07) is 0. The van der Waals surface area contributed by atoms with E-state index in [-0.39, 0.29) is 24.0 Å². The zero-order chi connectivity index (χ0) is 22.7. The number of aliphatic hydroxyl groups is 1. The average molecular weight is 435 g/mol. The van der Waals surface area contributed by atoms with Crippen molar-refractivity contribution in [3.8, 4) is 0 Å². The van der Waals surface area contributed by atoms with Crippen LogP contribution in [0.4, 0.5) is 0 Å². The lowest BCUT2D eigenvalue weighted by Gasteiger charge is -2.60. The van der Waals surface area contributed by atoms with Gasteiger partial charge >= 0.3 is 11.9 Å². The minimum Gasteiger partial charge on any atom is -0.459 e. The van der Waals surface area contributed by atoms with Gasteiger partial charge in [-0.15, -0.1) is 0 Å². The van der Waals surface area contributed by atoms with Crippen molar-refractivity contribution in [2.24, 2.45) is 28.6 Å². The number of ether oxygens (including phenoxy) is 2. The van der Waals surface area contributed by atoms with Gasteiger partial charge in [0.2, 0.25) is 0 Å². The number of hydrogen-bond donors (Lipinski definition) is 1. The molecule has 5 heteroatoms. The van der Waals surface area contributed by atoms with Crippen molar-refractivity contribution in [2.75, 3.05) is 0 Å². The number of aliphatic hydroxyl groups excluding tert-OH is 1. The zero-order valence-electron chi connectivity index (χ0n) is 20.2. The maximum atomic E-state index is 13.7. The van der Waals surface area contributed by atoms with Crippen LogP contribution < -0.4 is 0 Å². The Morgan fingerprint density at radius 2 is 1.55 bits per heavy atom. The van der Waals surface area contributed by atoms with Crippen LogP contribution in [0.5, 0.6) is 0 Å². The van der Waals surface area contributed by atoms with Crippen LogP contribution in [0.1, 0.15) is 105 Å². The highest BCUT2D eigenvalue weighted by Crippen LogP contribution is 2.63. The lowest BCUT2D eigenvalue weighted by molar-refractivity contribution is -0.224. The molecule has 31 heavy (non-hydrogen) atoms. The maximum absolute atomic E-state index is 13.7. The van der Waals surface area contributed by atoms with E-state index < -0.39 is 22.0 Å². The number of hydrogen-bond acceptors (Lipinski definition) is 5. The van der Waals surface area contributed by atoms with Crippen LogP contribution in [-0.2, 0) is 19.1 Å². The maximum Gasteiger partial charge on any atom is 0.312 e. The summed E-state index contributed by atoms with van der Waals surface area (Å²) in [5.41, 5.74) is -2.03. The summed E-state index contributed by atoms with van der Waals surface area (Å²) >= 11 is 0. The van der Waals surface area contributed by atoms with Crippen molar-refractivity contribution in [1.29, 1.82) is 0 Å². The molecule has 5 fully saturated rings. The van der Waals surface area contributed by atoms with Gasteiger partial charge in [-0.05, 0) is 110 Å². The van der Waals surface area contributed by atoms with Crippen molar-refractivity contribution in [1.82, 2.24) is 0 Å². The molecule has 0 aromatic heterocycles. The molecule has 0 aromatic carbocycles. The summed E-state index contributed by atoms with van der Waals surface area (Å²) in [6.45, 7) is 9.99. The van der Waals surface area contributed by atoms with E-state index in [4.69, 9.17) is 9.47 Å². The highest BCUT2D eigenvalue weighted by atomic mass is 16.6. The van der Waals surface area contributed by atoms with Gasteiger partial charge in [0.15, 0.2) is 0 Å². The van der Waals surface area contributed by atoms with E-state index in [1.54, 1.807) is 0 Å². The molecule has 0 amide bonds. The summed E-state index contributed by atoms with van der Waals surface area (Å²) in [4.78, 5) is 26.6. The Labute approximate surface area is 187 Å². The molecule has 0 radical (unpaired) electrons. The molecule has 0 aliphatic heterocycles. The number of esters is 2. The number of carbonyl (C=O) groups is 2. The van der Waals surface area contributed by atoms with Gasteiger partial charge in [0.05, 0.1) is 16.9 Å². The van der Waals surface area contributed by atoms with Gasteiger partial charge in [0, 0.05) is 6.42 Å². The van der Waals surface area contributed by atoms with Crippen molar-refractivity contribution in [2.45, 2.75) is 123 Å². The SMILES string of the molecule is CCC(C)(C)C(=O)OC12CC3CC(C1)CC(C(=O)OC(C)(C)C1CCC(O)CC1)(C3)C2. The molecule has 2 atom stereocenters. The molecular formula is C26H42O5. The molecule has 1 N–H and O–H groups in total. The Balaban J connectivity index is 1.50. The van der Waals surface area contributed by atoms with E-state index in [0.717, 1.165) is 64.2 Å². The lowest BCUT2D eigenvalue weighted by atomic mass is 9.47. The van der Waals surface area contributed by atoms with Gasteiger partial charge in [-0.3, -0.25) is 9.59 Å². The first kappa shape index (κ1) is 23.1.